The molecule has 0 fully saturated rings. The molecule has 0 spiro atoms. The number of rotatable bonds is 6. The van der Waals surface area contributed by atoms with Crippen molar-refractivity contribution in [3.63, 3.8) is 0 Å². The molecule has 0 aliphatic rings. The first-order valence-corrected chi connectivity index (χ1v) is 6.31. The van der Waals surface area contributed by atoms with Crippen molar-refractivity contribution < 1.29 is 9.90 Å². The van der Waals surface area contributed by atoms with Crippen LogP contribution in [-0.4, -0.2) is 11.1 Å². The quantitative estimate of drug-likeness (QED) is 0.815. The van der Waals surface area contributed by atoms with Gasteiger partial charge in [0.25, 0.3) is 0 Å². The standard InChI is InChI=1S/C15H22O2/c1-4-11(2)9-14(15(16)17)10-13-8-6-5-7-12(13)3/h5-8,11,14H,4,9-10H2,1-3H3,(H,16,17). The Bertz CT molecular complexity index is 371. The lowest BCUT2D eigenvalue weighted by Gasteiger charge is -2.17. The molecular weight excluding hydrogens is 212 g/mol. The van der Waals surface area contributed by atoms with Gasteiger partial charge in [-0.2, -0.15) is 0 Å². The van der Waals surface area contributed by atoms with E-state index in [4.69, 9.17) is 0 Å². The molecule has 0 saturated carbocycles. The minimum Gasteiger partial charge on any atom is -0.481 e. The fraction of sp³-hybridized carbons (Fsp3) is 0.533. The Morgan fingerprint density at radius 2 is 2.00 bits per heavy atom. The van der Waals surface area contributed by atoms with Gasteiger partial charge < -0.3 is 5.11 Å². The SMILES string of the molecule is CCC(C)CC(Cc1ccccc1C)C(=O)O. The summed E-state index contributed by atoms with van der Waals surface area (Å²) in [7, 11) is 0. The number of carbonyl (C=O) groups is 1. The van der Waals surface area contributed by atoms with Gasteiger partial charge in [-0.15, -0.1) is 0 Å². The zero-order valence-electron chi connectivity index (χ0n) is 10.9. The molecule has 0 amide bonds. The van der Waals surface area contributed by atoms with E-state index in [1.807, 2.05) is 31.2 Å². The second kappa shape index (κ2) is 6.43. The number of aryl methyl sites for hydroxylation is 1. The van der Waals surface area contributed by atoms with Crippen LogP contribution in [0.3, 0.4) is 0 Å². The van der Waals surface area contributed by atoms with Crippen molar-refractivity contribution in [2.45, 2.75) is 40.0 Å². The van der Waals surface area contributed by atoms with E-state index < -0.39 is 5.97 Å². The van der Waals surface area contributed by atoms with E-state index in [2.05, 4.69) is 13.8 Å². The summed E-state index contributed by atoms with van der Waals surface area (Å²) >= 11 is 0. The van der Waals surface area contributed by atoms with Gasteiger partial charge in [-0.25, -0.2) is 0 Å². The maximum atomic E-state index is 11.3. The maximum absolute atomic E-state index is 11.3. The van der Waals surface area contributed by atoms with E-state index >= 15 is 0 Å². The number of benzene rings is 1. The van der Waals surface area contributed by atoms with Crippen LogP contribution in [0.4, 0.5) is 0 Å². The number of carboxylic acid groups (broad SMARTS) is 1. The van der Waals surface area contributed by atoms with Gasteiger partial charge in [0.05, 0.1) is 5.92 Å². The molecule has 1 N–H and O–H groups in total. The van der Waals surface area contributed by atoms with Gasteiger partial charge in [-0.3, -0.25) is 4.79 Å². The number of carboxylic acids is 1. The van der Waals surface area contributed by atoms with Crippen LogP contribution in [0.15, 0.2) is 24.3 Å². The smallest absolute Gasteiger partial charge is 0.306 e. The highest BCUT2D eigenvalue weighted by Gasteiger charge is 2.20. The first-order chi connectivity index (χ1) is 8.04. The molecule has 0 aliphatic heterocycles. The predicted octanol–water partition coefficient (Wildman–Crippen LogP) is 3.67. The maximum Gasteiger partial charge on any atom is 0.306 e. The zero-order valence-corrected chi connectivity index (χ0v) is 10.9. The molecule has 0 aromatic heterocycles. The molecule has 1 rings (SSSR count). The van der Waals surface area contributed by atoms with Crippen molar-refractivity contribution in [1.82, 2.24) is 0 Å². The van der Waals surface area contributed by atoms with Crippen LogP contribution in [-0.2, 0) is 11.2 Å². The topological polar surface area (TPSA) is 37.3 Å². The fourth-order valence-electron chi connectivity index (χ4n) is 2.03. The van der Waals surface area contributed by atoms with Crippen LogP contribution in [0, 0.1) is 18.8 Å². The molecule has 1 aromatic rings. The molecule has 0 saturated heterocycles. The summed E-state index contributed by atoms with van der Waals surface area (Å²) in [5, 5.41) is 9.27. The van der Waals surface area contributed by atoms with Gasteiger partial charge in [0, 0.05) is 0 Å². The van der Waals surface area contributed by atoms with Gasteiger partial charge in [-0.1, -0.05) is 44.5 Å². The molecule has 0 bridgehead atoms. The predicted molar refractivity (Wildman–Crippen MR) is 70.1 cm³/mol. The Kier molecular flexibility index (Phi) is 5.20. The van der Waals surface area contributed by atoms with Crippen LogP contribution in [0.2, 0.25) is 0 Å². The summed E-state index contributed by atoms with van der Waals surface area (Å²) in [4.78, 5) is 11.3. The lowest BCUT2D eigenvalue weighted by atomic mass is 9.88. The average Bonchev–Trinajstić information content (AvgIpc) is 2.30. The molecule has 0 aliphatic carbocycles. The third-order valence-corrected chi connectivity index (χ3v) is 3.46. The summed E-state index contributed by atoms with van der Waals surface area (Å²) in [6.07, 6.45) is 2.45. The van der Waals surface area contributed by atoms with Gasteiger partial charge in [0.1, 0.15) is 0 Å². The van der Waals surface area contributed by atoms with Gasteiger partial charge in [0.2, 0.25) is 0 Å². The molecule has 2 unspecified atom stereocenters. The van der Waals surface area contributed by atoms with Crippen LogP contribution in [0.5, 0.6) is 0 Å². The van der Waals surface area contributed by atoms with Crippen LogP contribution in [0.25, 0.3) is 0 Å². The van der Waals surface area contributed by atoms with Crippen molar-refractivity contribution in [2.24, 2.45) is 11.8 Å². The largest absolute Gasteiger partial charge is 0.481 e. The first kappa shape index (κ1) is 13.8. The molecule has 1 aromatic carbocycles. The Hall–Kier alpha value is -1.31. The lowest BCUT2D eigenvalue weighted by Crippen LogP contribution is -2.19. The second-order valence-corrected chi connectivity index (χ2v) is 4.91. The van der Waals surface area contributed by atoms with E-state index in [1.165, 1.54) is 5.56 Å². The number of hydrogen-bond donors (Lipinski definition) is 1. The Morgan fingerprint density at radius 3 is 2.53 bits per heavy atom. The average molecular weight is 234 g/mol. The minimum atomic E-state index is -0.673. The number of aliphatic carboxylic acids is 1. The van der Waals surface area contributed by atoms with E-state index in [-0.39, 0.29) is 5.92 Å². The normalized spacial score (nSPS) is 14.3. The summed E-state index contributed by atoms with van der Waals surface area (Å²) in [6, 6.07) is 8.03. The molecule has 2 atom stereocenters. The molecule has 2 heteroatoms. The molecular formula is C15H22O2. The minimum absolute atomic E-state index is 0.258. The highest BCUT2D eigenvalue weighted by atomic mass is 16.4. The summed E-state index contributed by atoms with van der Waals surface area (Å²) in [6.45, 7) is 6.27. The second-order valence-electron chi connectivity index (χ2n) is 4.91. The zero-order chi connectivity index (χ0) is 12.8. The van der Waals surface area contributed by atoms with Crippen LogP contribution >= 0.6 is 0 Å². The molecule has 0 heterocycles. The molecule has 2 nitrogen and oxygen atoms in total. The van der Waals surface area contributed by atoms with E-state index in [9.17, 15) is 9.90 Å². The van der Waals surface area contributed by atoms with Crippen molar-refractivity contribution >= 4 is 5.97 Å². The Morgan fingerprint density at radius 1 is 1.35 bits per heavy atom. The summed E-state index contributed by atoms with van der Waals surface area (Å²) in [5.41, 5.74) is 2.34. The molecule has 17 heavy (non-hydrogen) atoms. The lowest BCUT2D eigenvalue weighted by molar-refractivity contribution is -0.142. The molecule has 94 valence electrons. The van der Waals surface area contributed by atoms with Gasteiger partial charge in [-0.05, 0) is 36.8 Å². The van der Waals surface area contributed by atoms with Gasteiger partial charge in [0.15, 0.2) is 0 Å². The van der Waals surface area contributed by atoms with Crippen molar-refractivity contribution in [3.8, 4) is 0 Å². The third kappa shape index (κ3) is 4.22. The van der Waals surface area contributed by atoms with Crippen molar-refractivity contribution in [3.05, 3.63) is 35.4 Å². The Balaban J connectivity index is 2.74. The van der Waals surface area contributed by atoms with Crippen molar-refractivity contribution in [1.29, 1.82) is 0 Å². The first-order valence-electron chi connectivity index (χ1n) is 6.31. The van der Waals surface area contributed by atoms with E-state index in [0.29, 0.717) is 12.3 Å². The van der Waals surface area contributed by atoms with Crippen LogP contribution in [0.1, 0.15) is 37.8 Å². The van der Waals surface area contributed by atoms with Crippen LogP contribution < -0.4 is 0 Å². The van der Waals surface area contributed by atoms with E-state index in [1.54, 1.807) is 0 Å². The van der Waals surface area contributed by atoms with E-state index in [0.717, 1.165) is 18.4 Å². The summed E-state index contributed by atoms with van der Waals surface area (Å²) < 4.78 is 0. The highest BCUT2D eigenvalue weighted by Crippen LogP contribution is 2.21. The monoisotopic (exact) mass is 234 g/mol. The molecule has 0 radical (unpaired) electrons. The van der Waals surface area contributed by atoms with Crippen molar-refractivity contribution in [2.75, 3.05) is 0 Å². The number of hydrogen-bond acceptors (Lipinski definition) is 1. The summed E-state index contributed by atoms with van der Waals surface area (Å²) in [5.74, 6) is -0.459. The highest BCUT2D eigenvalue weighted by molar-refractivity contribution is 5.70. The Labute approximate surface area is 104 Å². The third-order valence-electron chi connectivity index (χ3n) is 3.46. The van der Waals surface area contributed by atoms with Gasteiger partial charge >= 0.3 is 5.97 Å². The fourth-order valence-corrected chi connectivity index (χ4v) is 2.03.